The molecule has 3 aliphatic rings. The summed E-state index contributed by atoms with van der Waals surface area (Å²) in [7, 11) is 0. The van der Waals surface area contributed by atoms with E-state index in [1.165, 1.54) is 6.42 Å². The molecule has 0 spiro atoms. The molecule has 2 aliphatic heterocycles. The number of halogens is 3. The number of aryl methyl sites for hydroxylation is 2. The molecule has 7 nitrogen and oxygen atoms in total. The molecule has 0 saturated carbocycles. The van der Waals surface area contributed by atoms with Crippen molar-refractivity contribution in [2.24, 2.45) is 5.92 Å². The maximum Gasteiger partial charge on any atom is 0.419 e. The van der Waals surface area contributed by atoms with Crippen molar-refractivity contribution in [3.8, 4) is 11.3 Å². The van der Waals surface area contributed by atoms with Gasteiger partial charge in [0.1, 0.15) is 11.3 Å². The summed E-state index contributed by atoms with van der Waals surface area (Å²) in [5, 5.41) is 7.27. The van der Waals surface area contributed by atoms with Crippen LogP contribution in [0.3, 0.4) is 0 Å². The number of hydrogen-bond acceptors (Lipinski definition) is 7. The first-order valence-corrected chi connectivity index (χ1v) is 11.8. The number of anilines is 1. The number of allylic oxidation sites excluding steroid dienone is 1. The Hall–Kier alpha value is -3.27. The highest BCUT2D eigenvalue weighted by Crippen LogP contribution is 2.40. The molecule has 5 heterocycles. The second kappa shape index (κ2) is 8.15. The van der Waals surface area contributed by atoms with Crippen LogP contribution in [0.15, 0.2) is 28.9 Å². The van der Waals surface area contributed by atoms with Crippen molar-refractivity contribution in [3.05, 3.63) is 58.4 Å². The van der Waals surface area contributed by atoms with Gasteiger partial charge in [0.05, 0.1) is 28.3 Å². The van der Waals surface area contributed by atoms with Crippen LogP contribution in [0.25, 0.3) is 16.8 Å². The third-order valence-electron chi connectivity index (χ3n) is 7.20. The van der Waals surface area contributed by atoms with Crippen LogP contribution < -0.4 is 5.32 Å². The number of fused-ring (bicyclic) bond motifs is 3. The Morgan fingerprint density at radius 2 is 2.00 bits per heavy atom. The number of aromatic nitrogens is 4. The normalized spacial score (nSPS) is 23.3. The summed E-state index contributed by atoms with van der Waals surface area (Å²) in [6, 6.07) is 3.73. The first kappa shape index (κ1) is 22.2. The maximum atomic E-state index is 14.0. The van der Waals surface area contributed by atoms with Crippen LogP contribution in [0.1, 0.15) is 46.8 Å². The predicted molar refractivity (Wildman–Crippen MR) is 124 cm³/mol. The van der Waals surface area contributed by atoms with Gasteiger partial charge in [-0.3, -0.25) is 4.98 Å². The molecule has 0 aromatic carbocycles. The zero-order valence-corrected chi connectivity index (χ0v) is 19.5. The lowest BCUT2D eigenvalue weighted by atomic mass is 9.97. The van der Waals surface area contributed by atoms with Gasteiger partial charge >= 0.3 is 6.18 Å². The van der Waals surface area contributed by atoms with E-state index in [0.29, 0.717) is 40.6 Å². The summed E-state index contributed by atoms with van der Waals surface area (Å²) in [4.78, 5) is 15.6. The van der Waals surface area contributed by atoms with Gasteiger partial charge in [-0.05, 0) is 45.2 Å². The smallest absolute Gasteiger partial charge is 0.361 e. The molecule has 3 aromatic rings. The first-order chi connectivity index (χ1) is 16.8. The van der Waals surface area contributed by atoms with E-state index in [9.17, 15) is 13.2 Å². The Balaban J connectivity index is 1.34. The number of hydrogen-bond donors (Lipinski definition) is 1. The second-order valence-corrected chi connectivity index (χ2v) is 9.66. The third-order valence-corrected chi connectivity index (χ3v) is 7.20. The van der Waals surface area contributed by atoms with Gasteiger partial charge in [-0.1, -0.05) is 17.3 Å². The third kappa shape index (κ3) is 3.99. The zero-order chi connectivity index (χ0) is 24.3. The van der Waals surface area contributed by atoms with Gasteiger partial charge in [0.15, 0.2) is 0 Å². The Labute approximate surface area is 200 Å². The average Bonchev–Trinajstić information content (AvgIpc) is 3.49. The Morgan fingerprint density at radius 1 is 1.14 bits per heavy atom. The number of piperidine rings is 1. The summed E-state index contributed by atoms with van der Waals surface area (Å²) < 4.78 is 47.1. The lowest BCUT2D eigenvalue weighted by Crippen LogP contribution is -2.41. The van der Waals surface area contributed by atoms with Gasteiger partial charge < -0.3 is 14.7 Å². The SMILES string of the molecule is Cc1noc(C)c1-c1ccc2c(n1)CC=C2c1nc(N[C@@H]2C[C@@H]3CCN(C3)C2)ncc1C(F)(F)F. The monoisotopic (exact) mass is 482 g/mol. The summed E-state index contributed by atoms with van der Waals surface area (Å²) >= 11 is 0. The Kier molecular flexibility index (Phi) is 5.17. The van der Waals surface area contributed by atoms with Gasteiger partial charge in [-0.2, -0.15) is 13.2 Å². The summed E-state index contributed by atoms with van der Waals surface area (Å²) in [6.07, 6.45) is 0.665. The lowest BCUT2D eigenvalue weighted by molar-refractivity contribution is -0.138. The van der Waals surface area contributed by atoms with Crippen molar-refractivity contribution in [1.82, 2.24) is 25.0 Å². The number of alkyl halides is 3. The molecular weight excluding hydrogens is 457 g/mol. The van der Waals surface area contributed by atoms with Gasteiger partial charge in [-0.15, -0.1) is 0 Å². The van der Waals surface area contributed by atoms with Crippen LogP contribution in [0.2, 0.25) is 0 Å². The first-order valence-electron chi connectivity index (χ1n) is 11.8. The molecule has 10 heteroatoms. The van der Waals surface area contributed by atoms with E-state index in [1.54, 1.807) is 12.1 Å². The molecule has 6 rings (SSSR count). The van der Waals surface area contributed by atoms with Crippen molar-refractivity contribution in [2.75, 3.05) is 25.0 Å². The fourth-order valence-corrected chi connectivity index (χ4v) is 5.63. The van der Waals surface area contributed by atoms with E-state index in [1.807, 2.05) is 19.9 Å². The van der Waals surface area contributed by atoms with Gasteiger partial charge in [0.25, 0.3) is 0 Å². The lowest BCUT2D eigenvalue weighted by Gasteiger charge is -2.30. The molecule has 2 saturated heterocycles. The van der Waals surface area contributed by atoms with E-state index < -0.39 is 11.7 Å². The molecule has 35 heavy (non-hydrogen) atoms. The largest absolute Gasteiger partial charge is 0.419 e. The summed E-state index contributed by atoms with van der Waals surface area (Å²) in [5.74, 6) is 1.51. The molecule has 0 amide bonds. The van der Waals surface area contributed by atoms with Crippen LogP contribution >= 0.6 is 0 Å². The molecule has 1 N–H and O–H groups in total. The second-order valence-electron chi connectivity index (χ2n) is 9.66. The van der Waals surface area contributed by atoms with Crippen LogP contribution in [0, 0.1) is 19.8 Å². The molecule has 1 aliphatic carbocycles. The van der Waals surface area contributed by atoms with E-state index in [4.69, 9.17) is 9.51 Å². The minimum atomic E-state index is -4.57. The summed E-state index contributed by atoms with van der Waals surface area (Å²) in [5.41, 5.74) is 3.06. The van der Waals surface area contributed by atoms with E-state index >= 15 is 0 Å². The van der Waals surface area contributed by atoms with E-state index in [0.717, 1.165) is 43.5 Å². The summed E-state index contributed by atoms with van der Waals surface area (Å²) in [6.45, 7) is 6.69. The standard InChI is InChI=1S/C25H25F3N6O/c1-13-22(14(2)35-33-13)21-6-3-17-18(4-5-20(17)31-21)23-19(25(26,27)28)10-29-24(32-23)30-16-9-15-7-8-34(11-15)12-16/h3-4,6,10,15-16H,5,7-9,11-12H2,1-2H3,(H,29,30,32)/t15-,16+/m0/s1. The van der Waals surface area contributed by atoms with Gasteiger partial charge in [-0.25, -0.2) is 9.97 Å². The number of nitrogens with one attached hydrogen (secondary N) is 1. The molecule has 0 radical (unpaired) electrons. The minimum absolute atomic E-state index is 0.111. The Morgan fingerprint density at radius 3 is 2.74 bits per heavy atom. The van der Waals surface area contributed by atoms with E-state index in [2.05, 4.69) is 25.3 Å². The number of pyridine rings is 1. The van der Waals surface area contributed by atoms with Crippen LogP contribution in [-0.4, -0.2) is 50.7 Å². The maximum absolute atomic E-state index is 14.0. The van der Waals surface area contributed by atoms with E-state index in [-0.39, 0.29) is 17.7 Å². The van der Waals surface area contributed by atoms with Crippen molar-refractivity contribution in [3.63, 3.8) is 0 Å². The molecule has 1 unspecified atom stereocenters. The predicted octanol–water partition coefficient (Wildman–Crippen LogP) is 4.66. The molecular formula is C25H25F3N6O. The van der Waals surface area contributed by atoms with Crippen molar-refractivity contribution >= 4 is 11.5 Å². The van der Waals surface area contributed by atoms with Gasteiger partial charge in [0, 0.05) is 42.9 Å². The highest BCUT2D eigenvalue weighted by Gasteiger charge is 2.38. The quantitative estimate of drug-likeness (QED) is 0.580. The van der Waals surface area contributed by atoms with Crippen LogP contribution in [0.5, 0.6) is 0 Å². The Bertz CT molecular complexity index is 1300. The molecule has 3 atom stereocenters. The fraction of sp³-hybridized carbons (Fsp3) is 0.440. The van der Waals surface area contributed by atoms with Crippen LogP contribution in [-0.2, 0) is 12.6 Å². The zero-order valence-electron chi connectivity index (χ0n) is 19.5. The topological polar surface area (TPSA) is 80.0 Å². The molecule has 2 bridgehead atoms. The number of nitrogens with zero attached hydrogens (tertiary/aromatic N) is 5. The molecule has 3 aromatic heterocycles. The molecule has 182 valence electrons. The highest BCUT2D eigenvalue weighted by molar-refractivity contribution is 5.85. The van der Waals surface area contributed by atoms with Crippen molar-refractivity contribution in [2.45, 2.75) is 45.3 Å². The fourth-order valence-electron chi connectivity index (χ4n) is 5.63. The van der Waals surface area contributed by atoms with Crippen molar-refractivity contribution < 1.29 is 17.7 Å². The van der Waals surface area contributed by atoms with Crippen molar-refractivity contribution in [1.29, 1.82) is 0 Å². The highest BCUT2D eigenvalue weighted by atomic mass is 19.4. The van der Waals surface area contributed by atoms with Crippen LogP contribution in [0.4, 0.5) is 19.1 Å². The molecule has 2 fully saturated rings. The average molecular weight is 483 g/mol. The number of rotatable bonds is 4. The minimum Gasteiger partial charge on any atom is -0.361 e. The van der Waals surface area contributed by atoms with Gasteiger partial charge in [0.2, 0.25) is 5.95 Å².